The first-order valence-corrected chi connectivity index (χ1v) is 5.59. The van der Waals surface area contributed by atoms with Crippen LogP contribution in [0.2, 0.25) is 0 Å². The minimum atomic E-state index is -0.960. The predicted molar refractivity (Wildman–Crippen MR) is 66.2 cm³/mol. The van der Waals surface area contributed by atoms with Crippen molar-refractivity contribution in [2.45, 2.75) is 19.4 Å². The van der Waals surface area contributed by atoms with Crippen molar-refractivity contribution in [3.63, 3.8) is 0 Å². The number of ether oxygens (including phenoxy) is 1. The summed E-state index contributed by atoms with van der Waals surface area (Å²) in [7, 11) is 1.41. The van der Waals surface area contributed by atoms with Gasteiger partial charge >= 0.3 is 5.97 Å². The van der Waals surface area contributed by atoms with Crippen molar-refractivity contribution in [1.29, 1.82) is 0 Å². The highest BCUT2D eigenvalue weighted by atomic mass is 16.5. The summed E-state index contributed by atoms with van der Waals surface area (Å²) in [5.74, 6) is -1.29. The van der Waals surface area contributed by atoms with Crippen LogP contribution in [0.1, 0.15) is 23.6 Å². The van der Waals surface area contributed by atoms with Crippen LogP contribution in [-0.2, 0) is 14.3 Å². The van der Waals surface area contributed by atoms with Crippen LogP contribution in [0.5, 0.6) is 0 Å². The number of aryl methyl sites for hydroxylation is 1. The fourth-order valence-corrected chi connectivity index (χ4v) is 1.59. The second kappa shape index (κ2) is 6.76. The summed E-state index contributed by atoms with van der Waals surface area (Å²) < 4.78 is 4.71. The van der Waals surface area contributed by atoms with Crippen LogP contribution in [-0.4, -0.2) is 30.7 Å². The number of methoxy groups -OCH3 is 1. The summed E-state index contributed by atoms with van der Waals surface area (Å²) in [4.78, 5) is 22.3. The van der Waals surface area contributed by atoms with E-state index in [0.717, 1.165) is 11.1 Å². The molecule has 0 spiro atoms. The molecule has 18 heavy (non-hydrogen) atoms. The van der Waals surface area contributed by atoms with Gasteiger partial charge in [-0.3, -0.25) is 9.59 Å². The van der Waals surface area contributed by atoms with Crippen molar-refractivity contribution in [3.8, 4) is 0 Å². The second-order valence-electron chi connectivity index (χ2n) is 4.06. The Kier molecular flexibility index (Phi) is 5.32. The molecular formula is C13H17NO4. The molecule has 5 nitrogen and oxygen atoms in total. The summed E-state index contributed by atoms with van der Waals surface area (Å²) in [6, 6.07) is 6.86. The van der Waals surface area contributed by atoms with Crippen molar-refractivity contribution in [3.05, 3.63) is 35.4 Å². The van der Waals surface area contributed by atoms with Crippen LogP contribution in [0.25, 0.3) is 0 Å². The van der Waals surface area contributed by atoms with Gasteiger partial charge in [-0.05, 0) is 12.5 Å². The number of rotatable bonds is 6. The van der Waals surface area contributed by atoms with Crippen molar-refractivity contribution in [2.75, 3.05) is 13.7 Å². The lowest BCUT2D eigenvalue weighted by Crippen LogP contribution is -2.32. The van der Waals surface area contributed by atoms with Gasteiger partial charge in [0.2, 0.25) is 5.91 Å². The fraction of sp³-hybridized carbons (Fsp3) is 0.385. The van der Waals surface area contributed by atoms with E-state index < -0.39 is 12.0 Å². The van der Waals surface area contributed by atoms with Crippen LogP contribution in [0, 0.1) is 6.92 Å². The van der Waals surface area contributed by atoms with Gasteiger partial charge in [-0.15, -0.1) is 0 Å². The first-order chi connectivity index (χ1) is 8.52. The molecule has 0 heterocycles. The van der Waals surface area contributed by atoms with Gasteiger partial charge < -0.3 is 15.2 Å². The molecule has 0 bridgehead atoms. The molecule has 0 saturated heterocycles. The van der Waals surface area contributed by atoms with Crippen molar-refractivity contribution >= 4 is 11.9 Å². The molecule has 1 unspecified atom stereocenters. The van der Waals surface area contributed by atoms with Crippen LogP contribution in [0.4, 0.5) is 0 Å². The van der Waals surface area contributed by atoms with Gasteiger partial charge in [0.05, 0.1) is 12.5 Å². The van der Waals surface area contributed by atoms with Gasteiger partial charge in [-0.25, -0.2) is 0 Å². The minimum Gasteiger partial charge on any atom is -0.481 e. The second-order valence-corrected chi connectivity index (χ2v) is 4.06. The molecule has 0 aromatic heterocycles. The normalized spacial score (nSPS) is 11.9. The Labute approximate surface area is 106 Å². The highest BCUT2D eigenvalue weighted by molar-refractivity contribution is 5.78. The van der Waals surface area contributed by atoms with Gasteiger partial charge in [0.15, 0.2) is 0 Å². The van der Waals surface area contributed by atoms with Crippen LogP contribution >= 0.6 is 0 Å². The average molecular weight is 251 g/mol. The van der Waals surface area contributed by atoms with Gasteiger partial charge in [0.25, 0.3) is 0 Å². The number of carboxylic acids is 1. The first kappa shape index (κ1) is 14.2. The average Bonchev–Trinajstić information content (AvgIpc) is 2.28. The molecule has 0 fully saturated rings. The van der Waals surface area contributed by atoms with E-state index in [-0.39, 0.29) is 18.9 Å². The Morgan fingerprint density at radius 3 is 2.44 bits per heavy atom. The third kappa shape index (κ3) is 4.55. The van der Waals surface area contributed by atoms with E-state index >= 15 is 0 Å². The molecule has 0 aliphatic heterocycles. The Morgan fingerprint density at radius 2 is 1.94 bits per heavy atom. The number of aliphatic carboxylic acids is 1. The van der Waals surface area contributed by atoms with Gasteiger partial charge in [-0.1, -0.05) is 29.8 Å². The molecule has 1 rings (SSSR count). The number of carboxylic acid groups (broad SMARTS) is 1. The molecule has 0 aliphatic rings. The lowest BCUT2D eigenvalue weighted by molar-refractivity contribution is -0.137. The molecule has 0 aliphatic carbocycles. The lowest BCUT2D eigenvalue weighted by atomic mass is 10.0. The highest BCUT2D eigenvalue weighted by Crippen LogP contribution is 2.17. The Bertz CT molecular complexity index is 414. The van der Waals surface area contributed by atoms with Crippen molar-refractivity contribution in [2.24, 2.45) is 0 Å². The maximum Gasteiger partial charge on any atom is 0.305 e. The number of nitrogens with one attached hydrogen (secondary N) is 1. The zero-order chi connectivity index (χ0) is 13.5. The van der Waals surface area contributed by atoms with E-state index in [4.69, 9.17) is 9.84 Å². The molecule has 1 aromatic rings. The smallest absolute Gasteiger partial charge is 0.305 e. The summed E-state index contributed by atoms with van der Waals surface area (Å²) in [6.45, 7) is 1.86. The summed E-state index contributed by atoms with van der Waals surface area (Å²) >= 11 is 0. The third-order valence-electron chi connectivity index (χ3n) is 2.47. The zero-order valence-electron chi connectivity index (χ0n) is 10.5. The largest absolute Gasteiger partial charge is 0.481 e. The van der Waals surface area contributed by atoms with E-state index in [9.17, 15) is 9.59 Å². The monoisotopic (exact) mass is 251 g/mol. The molecule has 98 valence electrons. The maximum atomic E-state index is 11.4. The van der Waals surface area contributed by atoms with Gasteiger partial charge in [0.1, 0.15) is 6.61 Å². The number of hydrogen-bond donors (Lipinski definition) is 2. The SMILES string of the molecule is COCC(=O)NC(CC(=O)O)c1ccc(C)cc1. The lowest BCUT2D eigenvalue weighted by Gasteiger charge is -2.17. The van der Waals surface area contributed by atoms with Gasteiger partial charge in [0, 0.05) is 7.11 Å². The van der Waals surface area contributed by atoms with E-state index in [0.29, 0.717) is 0 Å². The van der Waals surface area contributed by atoms with E-state index in [2.05, 4.69) is 5.32 Å². The predicted octanol–water partition coefficient (Wildman–Crippen LogP) is 1.27. The van der Waals surface area contributed by atoms with Crippen LogP contribution in [0.15, 0.2) is 24.3 Å². The number of carbonyl (C=O) groups excluding carboxylic acids is 1. The molecule has 5 heteroatoms. The number of benzene rings is 1. The highest BCUT2D eigenvalue weighted by Gasteiger charge is 2.17. The van der Waals surface area contributed by atoms with Crippen molar-refractivity contribution in [1.82, 2.24) is 5.32 Å². The summed E-state index contributed by atoms with van der Waals surface area (Å²) in [5, 5.41) is 11.5. The molecule has 1 atom stereocenters. The van der Waals surface area contributed by atoms with E-state index in [1.54, 1.807) is 0 Å². The number of amides is 1. The molecule has 0 saturated carbocycles. The molecular weight excluding hydrogens is 234 g/mol. The molecule has 1 aromatic carbocycles. The summed E-state index contributed by atoms with van der Waals surface area (Å²) in [5.41, 5.74) is 1.85. The van der Waals surface area contributed by atoms with E-state index in [1.165, 1.54) is 7.11 Å². The molecule has 1 amide bonds. The van der Waals surface area contributed by atoms with E-state index in [1.807, 2.05) is 31.2 Å². The Morgan fingerprint density at radius 1 is 1.33 bits per heavy atom. The molecule has 0 radical (unpaired) electrons. The quantitative estimate of drug-likeness (QED) is 0.798. The fourth-order valence-electron chi connectivity index (χ4n) is 1.59. The standard InChI is InChI=1S/C13H17NO4/c1-9-3-5-10(6-4-9)11(7-13(16)17)14-12(15)8-18-2/h3-6,11H,7-8H2,1-2H3,(H,14,15)(H,16,17). The minimum absolute atomic E-state index is 0.0814. The number of carbonyl (C=O) groups is 2. The Balaban J connectivity index is 2.80. The van der Waals surface area contributed by atoms with Gasteiger partial charge in [-0.2, -0.15) is 0 Å². The maximum absolute atomic E-state index is 11.4. The van der Waals surface area contributed by atoms with Crippen LogP contribution in [0.3, 0.4) is 0 Å². The number of hydrogen-bond acceptors (Lipinski definition) is 3. The summed E-state index contributed by atoms with van der Waals surface area (Å²) in [6.07, 6.45) is -0.154. The molecule has 2 N–H and O–H groups in total. The topological polar surface area (TPSA) is 75.6 Å². The first-order valence-electron chi connectivity index (χ1n) is 5.59. The Hall–Kier alpha value is -1.88. The van der Waals surface area contributed by atoms with Crippen molar-refractivity contribution < 1.29 is 19.4 Å². The zero-order valence-corrected chi connectivity index (χ0v) is 10.5. The third-order valence-corrected chi connectivity index (χ3v) is 2.47. The van der Waals surface area contributed by atoms with Crippen LogP contribution < -0.4 is 5.32 Å².